The van der Waals surface area contributed by atoms with E-state index < -0.39 is 10.9 Å². The third-order valence-electron chi connectivity index (χ3n) is 3.17. The minimum atomic E-state index is -0.716. The Bertz CT molecular complexity index is 694. The SMILES string of the molecule is COc1ccc(COC(=O)c2cccc(C)c2[N+](=O)[O-])cc1. The van der Waals surface area contributed by atoms with E-state index in [1.54, 1.807) is 50.4 Å². The standard InChI is InChI=1S/C16H15NO5/c1-11-4-3-5-14(15(11)17(19)20)16(18)22-10-12-6-8-13(21-2)9-7-12/h3-9H,10H2,1-2H3. The van der Waals surface area contributed by atoms with E-state index in [0.29, 0.717) is 11.3 Å². The predicted molar refractivity (Wildman–Crippen MR) is 79.9 cm³/mol. The summed E-state index contributed by atoms with van der Waals surface area (Å²) in [5.41, 5.74) is 0.925. The molecule has 22 heavy (non-hydrogen) atoms. The van der Waals surface area contributed by atoms with Crippen LogP contribution < -0.4 is 4.74 Å². The maximum Gasteiger partial charge on any atom is 0.345 e. The Morgan fingerprint density at radius 2 is 1.86 bits per heavy atom. The second-order valence-corrected chi connectivity index (χ2v) is 4.65. The largest absolute Gasteiger partial charge is 0.497 e. The van der Waals surface area contributed by atoms with Crippen molar-refractivity contribution in [1.82, 2.24) is 0 Å². The molecule has 0 unspecified atom stereocenters. The zero-order valence-corrected chi connectivity index (χ0v) is 12.2. The molecule has 0 aliphatic rings. The molecule has 0 aliphatic carbocycles. The summed E-state index contributed by atoms with van der Waals surface area (Å²) in [6.07, 6.45) is 0. The lowest BCUT2D eigenvalue weighted by Gasteiger charge is -2.07. The molecule has 0 fully saturated rings. The molecular weight excluding hydrogens is 286 g/mol. The molecule has 0 N–H and O–H groups in total. The average molecular weight is 301 g/mol. The number of esters is 1. The molecule has 0 heterocycles. The highest BCUT2D eigenvalue weighted by molar-refractivity contribution is 5.94. The molecule has 2 aromatic carbocycles. The van der Waals surface area contributed by atoms with Gasteiger partial charge in [-0.05, 0) is 30.7 Å². The molecule has 0 bridgehead atoms. The molecule has 6 nitrogen and oxygen atoms in total. The minimum Gasteiger partial charge on any atom is -0.497 e. The van der Waals surface area contributed by atoms with Crippen molar-refractivity contribution in [2.45, 2.75) is 13.5 Å². The van der Waals surface area contributed by atoms with Gasteiger partial charge in [0.05, 0.1) is 12.0 Å². The summed E-state index contributed by atoms with van der Waals surface area (Å²) in [4.78, 5) is 22.6. The number of para-hydroxylation sites is 1. The van der Waals surface area contributed by atoms with E-state index in [4.69, 9.17) is 9.47 Å². The summed E-state index contributed by atoms with van der Waals surface area (Å²) in [5, 5.41) is 11.1. The second-order valence-electron chi connectivity index (χ2n) is 4.65. The summed E-state index contributed by atoms with van der Waals surface area (Å²) in [6.45, 7) is 1.62. The van der Waals surface area contributed by atoms with Gasteiger partial charge >= 0.3 is 5.97 Å². The highest BCUT2D eigenvalue weighted by Gasteiger charge is 2.23. The van der Waals surface area contributed by atoms with Gasteiger partial charge < -0.3 is 9.47 Å². The molecule has 6 heteroatoms. The Kier molecular flexibility index (Phi) is 4.73. The van der Waals surface area contributed by atoms with Gasteiger partial charge in [-0.3, -0.25) is 10.1 Å². The summed E-state index contributed by atoms with van der Waals surface area (Å²) >= 11 is 0. The van der Waals surface area contributed by atoms with Gasteiger partial charge in [0.25, 0.3) is 5.69 Å². The van der Waals surface area contributed by atoms with Crippen molar-refractivity contribution in [3.05, 3.63) is 69.3 Å². The molecule has 2 aromatic rings. The van der Waals surface area contributed by atoms with Gasteiger partial charge in [0, 0.05) is 5.56 Å². The van der Waals surface area contributed by atoms with Crippen LogP contribution in [0.5, 0.6) is 5.75 Å². The Morgan fingerprint density at radius 3 is 2.45 bits per heavy atom. The lowest BCUT2D eigenvalue weighted by molar-refractivity contribution is -0.385. The van der Waals surface area contributed by atoms with Crippen LogP contribution in [0, 0.1) is 17.0 Å². The number of nitrogens with zero attached hydrogens (tertiary/aromatic N) is 1. The molecule has 0 radical (unpaired) electrons. The number of hydrogen-bond donors (Lipinski definition) is 0. The van der Waals surface area contributed by atoms with Gasteiger partial charge in [0.15, 0.2) is 0 Å². The smallest absolute Gasteiger partial charge is 0.345 e. The Hall–Kier alpha value is -2.89. The first-order chi connectivity index (χ1) is 10.5. The normalized spacial score (nSPS) is 10.1. The lowest BCUT2D eigenvalue weighted by Crippen LogP contribution is -2.09. The average Bonchev–Trinajstić information content (AvgIpc) is 2.52. The molecular formula is C16H15NO5. The predicted octanol–water partition coefficient (Wildman–Crippen LogP) is 3.27. The van der Waals surface area contributed by atoms with Crippen LogP contribution in [-0.4, -0.2) is 18.0 Å². The second kappa shape index (κ2) is 6.71. The number of rotatable bonds is 5. The van der Waals surface area contributed by atoms with Crippen molar-refractivity contribution >= 4 is 11.7 Å². The van der Waals surface area contributed by atoms with Crippen molar-refractivity contribution in [2.24, 2.45) is 0 Å². The number of carbonyl (C=O) groups is 1. The summed E-state index contributed by atoms with van der Waals surface area (Å²) in [5.74, 6) is -0.0179. The first kappa shape index (κ1) is 15.5. The van der Waals surface area contributed by atoms with Crippen molar-refractivity contribution in [3.63, 3.8) is 0 Å². The highest BCUT2D eigenvalue weighted by Crippen LogP contribution is 2.24. The number of aryl methyl sites for hydroxylation is 1. The number of carbonyl (C=O) groups excluding carboxylic acids is 1. The number of methoxy groups -OCH3 is 1. The van der Waals surface area contributed by atoms with Crippen LogP contribution in [0.2, 0.25) is 0 Å². The maximum atomic E-state index is 12.1. The molecule has 0 amide bonds. The van der Waals surface area contributed by atoms with Crippen LogP contribution in [0.25, 0.3) is 0 Å². The van der Waals surface area contributed by atoms with E-state index in [-0.39, 0.29) is 17.9 Å². The molecule has 0 aromatic heterocycles. The van der Waals surface area contributed by atoms with Gasteiger partial charge in [-0.1, -0.05) is 24.3 Å². The van der Waals surface area contributed by atoms with E-state index in [1.165, 1.54) is 6.07 Å². The molecule has 2 rings (SSSR count). The van der Waals surface area contributed by atoms with Gasteiger partial charge in [0.1, 0.15) is 17.9 Å². The van der Waals surface area contributed by atoms with Gasteiger partial charge in [-0.15, -0.1) is 0 Å². The van der Waals surface area contributed by atoms with Crippen LogP contribution in [0.4, 0.5) is 5.69 Å². The fourth-order valence-electron chi connectivity index (χ4n) is 2.01. The van der Waals surface area contributed by atoms with Gasteiger partial charge in [-0.2, -0.15) is 0 Å². The summed E-state index contributed by atoms with van der Waals surface area (Å²) < 4.78 is 10.2. The topological polar surface area (TPSA) is 78.7 Å². The Labute approximate surface area is 127 Å². The maximum absolute atomic E-state index is 12.1. The fraction of sp³-hybridized carbons (Fsp3) is 0.188. The Balaban J connectivity index is 2.12. The van der Waals surface area contributed by atoms with E-state index in [1.807, 2.05) is 0 Å². The summed E-state index contributed by atoms with van der Waals surface area (Å²) in [7, 11) is 1.56. The molecule has 0 spiro atoms. The molecule has 0 aliphatic heterocycles. The zero-order valence-electron chi connectivity index (χ0n) is 12.2. The van der Waals surface area contributed by atoms with Crippen LogP contribution in [0.1, 0.15) is 21.5 Å². The van der Waals surface area contributed by atoms with Gasteiger partial charge in [-0.25, -0.2) is 4.79 Å². The first-order valence-electron chi connectivity index (χ1n) is 6.57. The molecule has 114 valence electrons. The number of ether oxygens (including phenoxy) is 2. The lowest BCUT2D eigenvalue weighted by atomic mass is 10.1. The third kappa shape index (κ3) is 3.41. The molecule has 0 atom stereocenters. The van der Waals surface area contributed by atoms with Crippen molar-refractivity contribution < 1.29 is 19.2 Å². The summed E-state index contributed by atoms with van der Waals surface area (Å²) in [6, 6.07) is 11.6. The number of nitro benzene ring substituents is 1. The molecule has 0 saturated heterocycles. The fourth-order valence-corrected chi connectivity index (χ4v) is 2.01. The zero-order chi connectivity index (χ0) is 16.1. The number of hydrogen-bond acceptors (Lipinski definition) is 5. The van der Waals surface area contributed by atoms with E-state index in [0.717, 1.165) is 5.56 Å². The minimum absolute atomic E-state index is 0.0356. The number of nitro groups is 1. The third-order valence-corrected chi connectivity index (χ3v) is 3.17. The monoisotopic (exact) mass is 301 g/mol. The van der Waals surface area contributed by atoms with Crippen LogP contribution in [0.15, 0.2) is 42.5 Å². The van der Waals surface area contributed by atoms with E-state index >= 15 is 0 Å². The van der Waals surface area contributed by atoms with Crippen molar-refractivity contribution in [3.8, 4) is 5.75 Å². The van der Waals surface area contributed by atoms with Crippen LogP contribution >= 0.6 is 0 Å². The van der Waals surface area contributed by atoms with E-state index in [2.05, 4.69) is 0 Å². The molecule has 0 saturated carbocycles. The van der Waals surface area contributed by atoms with Crippen LogP contribution in [-0.2, 0) is 11.3 Å². The highest BCUT2D eigenvalue weighted by atomic mass is 16.6. The first-order valence-corrected chi connectivity index (χ1v) is 6.57. The Morgan fingerprint density at radius 1 is 1.18 bits per heavy atom. The van der Waals surface area contributed by atoms with E-state index in [9.17, 15) is 14.9 Å². The number of benzene rings is 2. The van der Waals surface area contributed by atoms with Crippen molar-refractivity contribution in [1.29, 1.82) is 0 Å². The van der Waals surface area contributed by atoms with Crippen LogP contribution in [0.3, 0.4) is 0 Å². The van der Waals surface area contributed by atoms with Gasteiger partial charge in [0.2, 0.25) is 0 Å². The quantitative estimate of drug-likeness (QED) is 0.481. The van der Waals surface area contributed by atoms with Crippen molar-refractivity contribution in [2.75, 3.05) is 7.11 Å².